The fourth-order valence-electron chi connectivity index (χ4n) is 3.84. The maximum Gasteiger partial charge on any atom is 0.321 e. The van der Waals surface area contributed by atoms with Crippen LogP contribution in [-0.2, 0) is 0 Å². The number of carbonyl (C=O) groups is 1. The molecule has 2 amide bonds. The Morgan fingerprint density at radius 3 is 2.26 bits per heavy atom. The molecule has 7 nitrogen and oxygen atoms in total. The van der Waals surface area contributed by atoms with E-state index >= 15 is 0 Å². The van der Waals surface area contributed by atoms with Gasteiger partial charge in [0.1, 0.15) is 23.6 Å². The highest BCUT2D eigenvalue weighted by atomic mass is 19.2. The third kappa shape index (κ3) is 4.59. The fourth-order valence-corrected chi connectivity index (χ4v) is 3.84. The van der Waals surface area contributed by atoms with E-state index in [2.05, 4.69) is 15.3 Å². The van der Waals surface area contributed by atoms with Crippen LogP contribution in [0, 0.1) is 11.6 Å². The van der Waals surface area contributed by atoms with Crippen molar-refractivity contribution in [1.82, 2.24) is 14.9 Å². The van der Waals surface area contributed by atoms with Crippen LogP contribution in [0.3, 0.4) is 0 Å². The van der Waals surface area contributed by atoms with E-state index in [0.717, 1.165) is 17.9 Å². The lowest BCUT2D eigenvalue weighted by molar-refractivity contribution is 0.208. The van der Waals surface area contributed by atoms with Gasteiger partial charge in [0.2, 0.25) is 0 Å². The molecule has 4 aromatic rings. The standard InChI is InChI=1S/C25H21F2N5O2/c26-21-14-20-23(15-22(21)27)28-16-29-24(20)31-10-12-32(13-11-31)25(33)30-17-6-8-19(9-7-17)34-18-4-2-1-3-5-18/h1-9,14-16H,10-13H2,(H,30,33). The first-order chi connectivity index (χ1) is 16.6. The van der Waals surface area contributed by atoms with E-state index in [1.807, 2.05) is 35.2 Å². The molecule has 1 fully saturated rings. The number of fused-ring (bicyclic) bond motifs is 1. The summed E-state index contributed by atoms with van der Waals surface area (Å²) in [5, 5.41) is 3.34. The van der Waals surface area contributed by atoms with Crippen LogP contribution in [0.1, 0.15) is 0 Å². The van der Waals surface area contributed by atoms with Crippen LogP contribution >= 0.6 is 0 Å². The Hall–Kier alpha value is -4.27. The van der Waals surface area contributed by atoms with Crippen LogP contribution < -0.4 is 15.0 Å². The highest BCUT2D eigenvalue weighted by Gasteiger charge is 2.24. The summed E-state index contributed by atoms with van der Waals surface area (Å²) in [6, 6.07) is 18.6. The maximum atomic E-state index is 13.8. The van der Waals surface area contributed by atoms with E-state index in [-0.39, 0.29) is 6.03 Å². The van der Waals surface area contributed by atoms with Gasteiger partial charge in [0.15, 0.2) is 11.6 Å². The number of hydrogen-bond acceptors (Lipinski definition) is 5. The zero-order valence-electron chi connectivity index (χ0n) is 18.1. The second-order valence-electron chi connectivity index (χ2n) is 7.82. The topological polar surface area (TPSA) is 70.6 Å². The number of rotatable bonds is 4. The van der Waals surface area contributed by atoms with Crippen molar-refractivity contribution < 1.29 is 18.3 Å². The molecule has 0 aliphatic carbocycles. The van der Waals surface area contributed by atoms with Crippen LogP contribution in [0.2, 0.25) is 0 Å². The normalized spacial score (nSPS) is 13.7. The zero-order chi connectivity index (χ0) is 23.5. The first-order valence-corrected chi connectivity index (χ1v) is 10.8. The molecule has 1 saturated heterocycles. The number of carbonyl (C=O) groups excluding carboxylic acids is 1. The molecule has 3 aromatic carbocycles. The SMILES string of the molecule is O=C(Nc1ccc(Oc2ccccc2)cc1)N1CCN(c2ncnc3cc(F)c(F)cc23)CC1. The molecule has 0 unspecified atom stereocenters. The van der Waals surface area contributed by atoms with Crippen molar-refractivity contribution in [3.05, 3.63) is 84.7 Å². The Kier molecular flexibility index (Phi) is 5.90. The summed E-state index contributed by atoms with van der Waals surface area (Å²) in [6.07, 6.45) is 1.33. The lowest BCUT2D eigenvalue weighted by atomic mass is 10.2. The Bertz CT molecular complexity index is 1310. The summed E-state index contributed by atoms with van der Waals surface area (Å²) in [5.41, 5.74) is 0.996. The molecule has 1 aliphatic heterocycles. The minimum absolute atomic E-state index is 0.211. The molecular formula is C25H21F2N5O2. The summed E-state index contributed by atoms with van der Waals surface area (Å²) >= 11 is 0. The van der Waals surface area contributed by atoms with E-state index in [1.165, 1.54) is 6.33 Å². The van der Waals surface area contributed by atoms with Gasteiger partial charge in [0, 0.05) is 43.3 Å². The van der Waals surface area contributed by atoms with Crippen molar-refractivity contribution in [3.63, 3.8) is 0 Å². The fraction of sp³-hybridized carbons (Fsp3) is 0.160. The number of nitrogens with zero attached hydrogens (tertiary/aromatic N) is 4. The van der Waals surface area contributed by atoms with Crippen molar-refractivity contribution in [2.24, 2.45) is 0 Å². The molecule has 0 radical (unpaired) electrons. The number of urea groups is 1. The second-order valence-corrected chi connectivity index (χ2v) is 7.82. The van der Waals surface area contributed by atoms with Gasteiger partial charge < -0.3 is 19.9 Å². The molecule has 1 aliphatic rings. The monoisotopic (exact) mass is 461 g/mol. The van der Waals surface area contributed by atoms with Crippen LogP contribution in [0.5, 0.6) is 11.5 Å². The van der Waals surface area contributed by atoms with E-state index in [1.54, 1.807) is 29.2 Å². The number of nitrogens with one attached hydrogen (secondary N) is 1. The number of halogens is 2. The minimum Gasteiger partial charge on any atom is -0.457 e. The van der Waals surface area contributed by atoms with Gasteiger partial charge in [-0.3, -0.25) is 0 Å². The molecule has 34 heavy (non-hydrogen) atoms. The predicted molar refractivity (Wildman–Crippen MR) is 125 cm³/mol. The lowest BCUT2D eigenvalue weighted by Gasteiger charge is -2.35. The summed E-state index contributed by atoms with van der Waals surface area (Å²) in [5.74, 6) is 0.0470. The minimum atomic E-state index is -0.946. The summed E-state index contributed by atoms with van der Waals surface area (Å²) in [7, 11) is 0. The van der Waals surface area contributed by atoms with Crippen molar-refractivity contribution in [2.45, 2.75) is 0 Å². The van der Waals surface area contributed by atoms with Gasteiger partial charge in [0.25, 0.3) is 0 Å². The highest BCUT2D eigenvalue weighted by Crippen LogP contribution is 2.26. The van der Waals surface area contributed by atoms with E-state index in [9.17, 15) is 13.6 Å². The first-order valence-electron chi connectivity index (χ1n) is 10.8. The van der Waals surface area contributed by atoms with Crippen molar-refractivity contribution >= 4 is 28.4 Å². The number of ether oxygens (including phenoxy) is 1. The third-order valence-electron chi connectivity index (χ3n) is 5.61. The molecule has 2 heterocycles. The molecule has 9 heteroatoms. The molecule has 0 bridgehead atoms. The number of aromatic nitrogens is 2. The average Bonchev–Trinajstić information content (AvgIpc) is 2.86. The van der Waals surface area contributed by atoms with Crippen molar-refractivity contribution in [3.8, 4) is 11.5 Å². The number of amides is 2. The first kappa shape index (κ1) is 21.6. The average molecular weight is 461 g/mol. The molecule has 1 N–H and O–H groups in total. The lowest BCUT2D eigenvalue weighted by Crippen LogP contribution is -2.50. The van der Waals surface area contributed by atoms with Crippen LogP contribution in [0.25, 0.3) is 10.9 Å². The third-order valence-corrected chi connectivity index (χ3v) is 5.61. The van der Waals surface area contributed by atoms with Crippen LogP contribution in [0.15, 0.2) is 73.1 Å². The van der Waals surface area contributed by atoms with Crippen molar-refractivity contribution in [2.75, 3.05) is 36.4 Å². The Morgan fingerprint density at radius 2 is 1.53 bits per heavy atom. The van der Waals surface area contributed by atoms with Gasteiger partial charge >= 0.3 is 6.03 Å². The number of hydrogen-bond donors (Lipinski definition) is 1. The molecular weight excluding hydrogens is 440 g/mol. The Morgan fingerprint density at radius 1 is 0.853 bits per heavy atom. The van der Waals surface area contributed by atoms with Gasteiger partial charge in [-0.1, -0.05) is 18.2 Å². The van der Waals surface area contributed by atoms with Gasteiger partial charge in [-0.2, -0.15) is 0 Å². The van der Waals surface area contributed by atoms with Crippen molar-refractivity contribution in [1.29, 1.82) is 0 Å². The van der Waals surface area contributed by atoms with Gasteiger partial charge in [-0.25, -0.2) is 23.5 Å². The number of anilines is 2. The molecule has 172 valence electrons. The van der Waals surface area contributed by atoms with Gasteiger partial charge in [0.05, 0.1) is 5.52 Å². The Balaban J connectivity index is 1.20. The Labute approximate surface area is 194 Å². The predicted octanol–water partition coefficient (Wildman–Crippen LogP) is 5.05. The van der Waals surface area contributed by atoms with Crippen LogP contribution in [0.4, 0.5) is 25.1 Å². The van der Waals surface area contributed by atoms with E-state index in [4.69, 9.17) is 4.74 Å². The number of para-hydroxylation sites is 1. The van der Waals surface area contributed by atoms with E-state index in [0.29, 0.717) is 54.3 Å². The van der Waals surface area contributed by atoms with Gasteiger partial charge in [-0.05, 0) is 42.5 Å². The highest BCUT2D eigenvalue weighted by molar-refractivity contribution is 5.91. The summed E-state index contributed by atoms with van der Waals surface area (Å²) in [6.45, 7) is 1.91. The number of piperazine rings is 1. The molecule has 5 rings (SSSR count). The zero-order valence-corrected chi connectivity index (χ0v) is 18.1. The van der Waals surface area contributed by atoms with Gasteiger partial charge in [-0.15, -0.1) is 0 Å². The number of benzene rings is 3. The smallest absolute Gasteiger partial charge is 0.321 e. The molecule has 0 saturated carbocycles. The largest absolute Gasteiger partial charge is 0.457 e. The maximum absolute atomic E-state index is 13.8. The second kappa shape index (κ2) is 9.30. The summed E-state index contributed by atoms with van der Waals surface area (Å²) < 4.78 is 33.1. The molecule has 0 atom stereocenters. The summed E-state index contributed by atoms with van der Waals surface area (Å²) in [4.78, 5) is 24.7. The van der Waals surface area contributed by atoms with E-state index < -0.39 is 11.6 Å². The van der Waals surface area contributed by atoms with Crippen LogP contribution in [-0.4, -0.2) is 47.1 Å². The molecule has 1 aromatic heterocycles. The molecule has 0 spiro atoms. The quantitative estimate of drug-likeness (QED) is 0.460.